The molecule has 1 aromatic carbocycles. The van der Waals surface area contributed by atoms with Gasteiger partial charge in [-0.3, -0.25) is 4.90 Å². The highest BCUT2D eigenvalue weighted by Gasteiger charge is 2.21. The maximum Gasteiger partial charge on any atom is 0.161 e. The normalized spacial score (nSPS) is 20.1. The van der Waals surface area contributed by atoms with Crippen molar-refractivity contribution in [3.63, 3.8) is 0 Å². The lowest BCUT2D eigenvalue weighted by Gasteiger charge is -2.34. The Bertz CT molecular complexity index is 557. The molecule has 26 heavy (non-hydrogen) atoms. The van der Waals surface area contributed by atoms with E-state index in [1.165, 1.54) is 18.4 Å². The largest absolute Gasteiger partial charge is 0.493 e. The van der Waals surface area contributed by atoms with Gasteiger partial charge in [-0.25, -0.2) is 0 Å². The molecule has 0 radical (unpaired) electrons. The van der Waals surface area contributed by atoms with E-state index < -0.39 is 6.10 Å². The standard InChI is InChI=1S/C20H33N3O3/c1-3-22-8-10-23(11-9-22)14-18(24)15-26-19-7-4-16(12-20(19)25-2)13-21-17-5-6-17/h4,7,12,17-18,21,24H,3,5-6,8-11,13-15H2,1-2H3. The molecule has 146 valence electrons. The molecule has 0 aromatic heterocycles. The number of methoxy groups -OCH3 is 1. The Labute approximate surface area is 157 Å². The molecule has 2 fully saturated rings. The van der Waals surface area contributed by atoms with E-state index in [1.54, 1.807) is 7.11 Å². The van der Waals surface area contributed by atoms with Gasteiger partial charge in [-0.05, 0) is 37.1 Å². The summed E-state index contributed by atoms with van der Waals surface area (Å²) < 4.78 is 11.3. The number of likely N-dealkylation sites (N-methyl/N-ethyl adjacent to an activating group) is 1. The van der Waals surface area contributed by atoms with Crippen molar-refractivity contribution in [2.75, 3.05) is 53.0 Å². The summed E-state index contributed by atoms with van der Waals surface area (Å²) in [6, 6.07) is 6.70. The van der Waals surface area contributed by atoms with Crippen LogP contribution in [0.15, 0.2) is 18.2 Å². The number of ether oxygens (including phenoxy) is 2. The molecule has 0 amide bonds. The second-order valence-electron chi connectivity index (χ2n) is 7.34. The summed E-state index contributed by atoms with van der Waals surface area (Å²) in [6.07, 6.45) is 2.07. The summed E-state index contributed by atoms with van der Waals surface area (Å²) in [5.41, 5.74) is 1.19. The minimum absolute atomic E-state index is 0.282. The molecule has 1 unspecified atom stereocenters. The van der Waals surface area contributed by atoms with Crippen LogP contribution in [0, 0.1) is 0 Å². The molecule has 2 aliphatic rings. The van der Waals surface area contributed by atoms with Gasteiger partial charge in [0.15, 0.2) is 11.5 Å². The first-order valence-electron chi connectivity index (χ1n) is 9.83. The molecule has 1 aromatic rings. The Kier molecular flexibility index (Phi) is 7.14. The van der Waals surface area contributed by atoms with E-state index in [0.29, 0.717) is 18.3 Å². The maximum atomic E-state index is 10.3. The Morgan fingerprint density at radius 2 is 1.88 bits per heavy atom. The number of nitrogens with one attached hydrogen (secondary N) is 1. The highest BCUT2D eigenvalue weighted by Crippen LogP contribution is 2.29. The maximum absolute atomic E-state index is 10.3. The first kappa shape index (κ1) is 19.4. The third kappa shape index (κ3) is 5.84. The number of aliphatic hydroxyl groups is 1. The summed E-state index contributed by atoms with van der Waals surface area (Å²) >= 11 is 0. The van der Waals surface area contributed by atoms with Crippen LogP contribution in [-0.4, -0.2) is 80.0 Å². The van der Waals surface area contributed by atoms with E-state index in [2.05, 4.69) is 28.1 Å². The first-order chi connectivity index (χ1) is 12.7. The minimum Gasteiger partial charge on any atom is -0.493 e. The monoisotopic (exact) mass is 363 g/mol. The quantitative estimate of drug-likeness (QED) is 0.654. The average Bonchev–Trinajstić information content (AvgIpc) is 3.50. The first-order valence-corrected chi connectivity index (χ1v) is 9.83. The Morgan fingerprint density at radius 1 is 1.15 bits per heavy atom. The van der Waals surface area contributed by atoms with E-state index in [1.807, 2.05) is 12.1 Å². The number of hydrogen-bond donors (Lipinski definition) is 2. The second kappa shape index (κ2) is 9.55. The van der Waals surface area contributed by atoms with Crippen molar-refractivity contribution in [3.05, 3.63) is 23.8 Å². The number of benzene rings is 1. The van der Waals surface area contributed by atoms with Crippen LogP contribution in [0.25, 0.3) is 0 Å². The van der Waals surface area contributed by atoms with Gasteiger partial charge in [0.25, 0.3) is 0 Å². The molecule has 1 atom stereocenters. The Hall–Kier alpha value is -1.34. The van der Waals surface area contributed by atoms with E-state index in [4.69, 9.17) is 9.47 Å². The molecule has 6 heteroatoms. The zero-order valence-electron chi connectivity index (χ0n) is 16.1. The molecular weight excluding hydrogens is 330 g/mol. The van der Waals surface area contributed by atoms with Crippen LogP contribution < -0.4 is 14.8 Å². The molecule has 6 nitrogen and oxygen atoms in total. The molecule has 1 aliphatic carbocycles. The number of hydrogen-bond acceptors (Lipinski definition) is 6. The summed E-state index contributed by atoms with van der Waals surface area (Å²) in [5.74, 6) is 1.42. The zero-order valence-corrected chi connectivity index (χ0v) is 16.1. The third-order valence-corrected chi connectivity index (χ3v) is 5.21. The van der Waals surface area contributed by atoms with Gasteiger partial charge in [-0.1, -0.05) is 13.0 Å². The summed E-state index contributed by atoms with van der Waals surface area (Å²) in [7, 11) is 1.66. The van der Waals surface area contributed by atoms with Crippen molar-refractivity contribution in [1.29, 1.82) is 0 Å². The fourth-order valence-electron chi connectivity index (χ4n) is 3.32. The smallest absolute Gasteiger partial charge is 0.161 e. The summed E-state index contributed by atoms with van der Waals surface area (Å²) in [4.78, 5) is 4.74. The van der Waals surface area contributed by atoms with E-state index >= 15 is 0 Å². The molecule has 3 rings (SSSR count). The van der Waals surface area contributed by atoms with Crippen molar-refractivity contribution < 1.29 is 14.6 Å². The van der Waals surface area contributed by atoms with Crippen LogP contribution in [0.1, 0.15) is 25.3 Å². The fourth-order valence-corrected chi connectivity index (χ4v) is 3.32. The van der Waals surface area contributed by atoms with E-state index in [0.717, 1.165) is 45.0 Å². The van der Waals surface area contributed by atoms with Gasteiger partial charge in [0, 0.05) is 45.3 Å². The van der Waals surface area contributed by atoms with Crippen LogP contribution >= 0.6 is 0 Å². The van der Waals surface area contributed by atoms with Crippen LogP contribution in [-0.2, 0) is 6.54 Å². The lowest BCUT2D eigenvalue weighted by molar-refractivity contribution is 0.0464. The molecule has 1 heterocycles. The third-order valence-electron chi connectivity index (χ3n) is 5.21. The molecule has 1 saturated heterocycles. The van der Waals surface area contributed by atoms with Crippen molar-refractivity contribution in [1.82, 2.24) is 15.1 Å². The predicted molar refractivity (Wildman–Crippen MR) is 103 cm³/mol. The Morgan fingerprint density at radius 3 is 2.54 bits per heavy atom. The van der Waals surface area contributed by atoms with Crippen molar-refractivity contribution >= 4 is 0 Å². The van der Waals surface area contributed by atoms with Gasteiger partial charge < -0.3 is 24.8 Å². The molecule has 0 spiro atoms. The van der Waals surface area contributed by atoms with Gasteiger partial charge in [-0.15, -0.1) is 0 Å². The predicted octanol–water partition coefficient (Wildman–Crippen LogP) is 1.32. The van der Waals surface area contributed by atoms with Gasteiger partial charge in [-0.2, -0.15) is 0 Å². The lowest BCUT2D eigenvalue weighted by Crippen LogP contribution is -2.49. The van der Waals surface area contributed by atoms with Gasteiger partial charge >= 0.3 is 0 Å². The van der Waals surface area contributed by atoms with Gasteiger partial charge in [0.1, 0.15) is 12.7 Å². The zero-order chi connectivity index (χ0) is 18.4. The van der Waals surface area contributed by atoms with Gasteiger partial charge in [0.2, 0.25) is 0 Å². The van der Waals surface area contributed by atoms with Crippen molar-refractivity contribution in [2.45, 2.75) is 38.5 Å². The van der Waals surface area contributed by atoms with Crippen LogP contribution in [0.2, 0.25) is 0 Å². The van der Waals surface area contributed by atoms with Crippen LogP contribution in [0.4, 0.5) is 0 Å². The SMILES string of the molecule is CCN1CCN(CC(O)COc2ccc(CNC3CC3)cc2OC)CC1. The van der Waals surface area contributed by atoms with Crippen LogP contribution in [0.5, 0.6) is 11.5 Å². The number of rotatable bonds is 10. The number of piperazine rings is 1. The topological polar surface area (TPSA) is 57.2 Å². The molecule has 1 saturated carbocycles. The van der Waals surface area contributed by atoms with Crippen molar-refractivity contribution in [2.24, 2.45) is 0 Å². The highest BCUT2D eigenvalue weighted by atomic mass is 16.5. The fraction of sp³-hybridized carbons (Fsp3) is 0.700. The number of nitrogens with zero attached hydrogens (tertiary/aromatic N) is 2. The summed E-state index contributed by atoms with van der Waals surface area (Å²) in [6.45, 7) is 9.27. The van der Waals surface area contributed by atoms with Crippen molar-refractivity contribution in [3.8, 4) is 11.5 Å². The van der Waals surface area contributed by atoms with E-state index in [-0.39, 0.29) is 6.61 Å². The van der Waals surface area contributed by atoms with Crippen LogP contribution in [0.3, 0.4) is 0 Å². The highest BCUT2D eigenvalue weighted by molar-refractivity contribution is 5.43. The number of aliphatic hydroxyl groups excluding tert-OH is 1. The van der Waals surface area contributed by atoms with Gasteiger partial charge in [0.05, 0.1) is 7.11 Å². The molecule has 1 aliphatic heterocycles. The molecule has 0 bridgehead atoms. The minimum atomic E-state index is -0.496. The van der Waals surface area contributed by atoms with E-state index in [9.17, 15) is 5.11 Å². The lowest BCUT2D eigenvalue weighted by atomic mass is 10.2. The molecule has 2 N–H and O–H groups in total. The number of β-amino-alcohol motifs (C(OH)–C–C–N with tert-alkyl or cyclic N) is 1. The second-order valence-corrected chi connectivity index (χ2v) is 7.34. The summed E-state index contributed by atoms with van der Waals surface area (Å²) in [5, 5.41) is 13.8. The molecular formula is C20H33N3O3. The Balaban J connectivity index is 1.44. The average molecular weight is 364 g/mol.